The molecule has 0 aromatic heterocycles. The van der Waals surface area contributed by atoms with E-state index in [9.17, 15) is 9.59 Å². The molecule has 8 heteroatoms. The van der Waals surface area contributed by atoms with Crippen molar-refractivity contribution >= 4 is 29.2 Å². The fourth-order valence-corrected chi connectivity index (χ4v) is 3.40. The molecule has 2 heterocycles. The highest BCUT2D eigenvalue weighted by Gasteiger charge is 2.32. The minimum absolute atomic E-state index is 0.0420. The second kappa shape index (κ2) is 7.98. The predicted molar refractivity (Wildman–Crippen MR) is 105 cm³/mol. The minimum Gasteiger partial charge on any atom is -0.486 e. The first kappa shape index (κ1) is 18.4. The molecule has 28 heavy (non-hydrogen) atoms. The molecule has 2 N–H and O–H groups in total. The van der Waals surface area contributed by atoms with Crippen molar-refractivity contribution in [1.82, 2.24) is 10.6 Å². The summed E-state index contributed by atoms with van der Waals surface area (Å²) in [6.45, 7) is 1.80. The van der Waals surface area contributed by atoms with E-state index in [1.807, 2.05) is 18.2 Å². The van der Waals surface area contributed by atoms with Gasteiger partial charge in [-0.3, -0.25) is 4.79 Å². The number of ether oxygens (including phenoxy) is 2. The van der Waals surface area contributed by atoms with Crippen molar-refractivity contribution in [3.63, 3.8) is 0 Å². The first-order valence-corrected chi connectivity index (χ1v) is 9.45. The third-order valence-electron chi connectivity index (χ3n) is 4.66. The van der Waals surface area contributed by atoms with Crippen LogP contribution in [-0.4, -0.2) is 37.7 Å². The highest BCUT2D eigenvalue weighted by molar-refractivity contribution is 6.30. The van der Waals surface area contributed by atoms with Gasteiger partial charge in [0, 0.05) is 36.3 Å². The Morgan fingerprint density at radius 2 is 1.86 bits per heavy atom. The third-order valence-corrected chi connectivity index (χ3v) is 4.92. The Hall–Kier alpha value is -2.93. The van der Waals surface area contributed by atoms with Crippen LogP contribution in [0.25, 0.3) is 0 Å². The van der Waals surface area contributed by atoms with Crippen molar-refractivity contribution in [1.29, 1.82) is 0 Å². The SMILES string of the molecule is O=C(NCc1ccc(Cl)cc1)N[C@@H]1CC(=O)N(c2ccc3c(c2)OCCO3)C1. The van der Waals surface area contributed by atoms with Crippen LogP contribution in [0.15, 0.2) is 42.5 Å². The number of amides is 3. The molecule has 4 rings (SSSR count). The van der Waals surface area contributed by atoms with E-state index in [-0.39, 0.29) is 24.4 Å². The van der Waals surface area contributed by atoms with Crippen LogP contribution in [0.4, 0.5) is 10.5 Å². The highest BCUT2D eigenvalue weighted by atomic mass is 35.5. The number of anilines is 1. The number of urea groups is 1. The summed E-state index contributed by atoms with van der Waals surface area (Å²) in [4.78, 5) is 26.2. The lowest BCUT2D eigenvalue weighted by Gasteiger charge is -2.22. The summed E-state index contributed by atoms with van der Waals surface area (Å²) in [5.74, 6) is 1.27. The molecule has 2 aliphatic heterocycles. The second-order valence-electron chi connectivity index (χ2n) is 6.69. The van der Waals surface area contributed by atoms with Gasteiger partial charge in [0.05, 0.1) is 6.04 Å². The summed E-state index contributed by atoms with van der Waals surface area (Å²) in [6, 6.07) is 12.1. The molecule has 2 aliphatic rings. The summed E-state index contributed by atoms with van der Waals surface area (Å²) in [7, 11) is 0. The fraction of sp³-hybridized carbons (Fsp3) is 0.300. The molecular formula is C20H20ClN3O4. The number of hydrogen-bond donors (Lipinski definition) is 2. The lowest BCUT2D eigenvalue weighted by Crippen LogP contribution is -2.43. The normalized spacial score (nSPS) is 18.1. The van der Waals surface area contributed by atoms with E-state index in [4.69, 9.17) is 21.1 Å². The summed E-state index contributed by atoms with van der Waals surface area (Å²) in [5.41, 5.74) is 1.68. The maximum atomic E-state index is 12.4. The van der Waals surface area contributed by atoms with Crippen LogP contribution in [-0.2, 0) is 11.3 Å². The van der Waals surface area contributed by atoms with Crippen LogP contribution < -0.4 is 25.0 Å². The first-order chi connectivity index (χ1) is 13.6. The number of hydrogen-bond acceptors (Lipinski definition) is 4. The number of carbonyl (C=O) groups is 2. The number of carbonyl (C=O) groups excluding carboxylic acids is 2. The first-order valence-electron chi connectivity index (χ1n) is 9.07. The molecule has 0 bridgehead atoms. The lowest BCUT2D eigenvalue weighted by atomic mass is 10.2. The molecular weight excluding hydrogens is 382 g/mol. The summed E-state index contributed by atoms with van der Waals surface area (Å²) >= 11 is 5.85. The average molecular weight is 402 g/mol. The summed E-state index contributed by atoms with van der Waals surface area (Å²) in [5, 5.41) is 6.30. The molecule has 0 unspecified atom stereocenters. The van der Waals surface area contributed by atoms with Gasteiger partial charge < -0.3 is 25.0 Å². The zero-order chi connectivity index (χ0) is 19.5. The van der Waals surface area contributed by atoms with Crippen molar-refractivity contribution in [2.45, 2.75) is 19.0 Å². The fourth-order valence-electron chi connectivity index (χ4n) is 3.27. The molecule has 0 radical (unpaired) electrons. The van der Waals surface area contributed by atoms with Gasteiger partial charge in [-0.25, -0.2) is 4.79 Å². The van der Waals surface area contributed by atoms with Gasteiger partial charge in [-0.2, -0.15) is 0 Å². The topological polar surface area (TPSA) is 79.9 Å². The molecule has 1 fully saturated rings. The van der Waals surface area contributed by atoms with E-state index in [1.54, 1.807) is 29.2 Å². The van der Waals surface area contributed by atoms with E-state index in [0.29, 0.717) is 42.8 Å². The Morgan fingerprint density at radius 3 is 2.64 bits per heavy atom. The van der Waals surface area contributed by atoms with Crippen LogP contribution in [0.1, 0.15) is 12.0 Å². The Labute approximate surface area is 167 Å². The number of fused-ring (bicyclic) bond motifs is 1. The van der Waals surface area contributed by atoms with Gasteiger partial charge in [0.2, 0.25) is 5.91 Å². The van der Waals surface area contributed by atoms with Gasteiger partial charge in [0.1, 0.15) is 13.2 Å². The van der Waals surface area contributed by atoms with E-state index in [0.717, 1.165) is 11.3 Å². The molecule has 2 aromatic carbocycles. The van der Waals surface area contributed by atoms with E-state index in [1.165, 1.54) is 0 Å². The van der Waals surface area contributed by atoms with Crippen molar-refractivity contribution in [3.05, 3.63) is 53.1 Å². The minimum atomic E-state index is -0.309. The maximum Gasteiger partial charge on any atom is 0.315 e. The lowest BCUT2D eigenvalue weighted by molar-refractivity contribution is -0.117. The maximum absolute atomic E-state index is 12.4. The molecule has 1 saturated heterocycles. The Morgan fingerprint density at radius 1 is 1.11 bits per heavy atom. The van der Waals surface area contributed by atoms with Crippen molar-refractivity contribution in [2.24, 2.45) is 0 Å². The third kappa shape index (κ3) is 4.14. The van der Waals surface area contributed by atoms with Crippen molar-refractivity contribution < 1.29 is 19.1 Å². The van der Waals surface area contributed by atoms with Gasteiger partial charge in [0.15, 0.2) is 11.5 Å². The van der Waals surface area contributed by atoms with Crippen LogP contribution in [0.2, 0.25) is 5.02 Å². The van der Waals surface area contributed by atoms with Crippen molar-refractivity contribution in [2.75, 3.05) is 24.7 Å². The molecule has 1 atom stereocenters. The predicted octanol–water partition coefficient (Wildman–Crippen LogP) is 2.72. The van der Waals surface area contributed by atoms with E-state index < -0.39 is 0 Å². The van der Waals surface area contributed by atoms with Crippen LogP contribution in [0, 0.1) is 0 Å². The quantitative estimate of drug-likeness (QED) is 0.825. The standard InChI is InChI=1S/C20H20ClN3O4/c21-14-3-1-13(2-4-14)11-22-20(26)23-15-9-19(25)24(12-15)16-5-6-17-18(10-16)28-8-7-27-17/h1-6,10,15H,7-9,11-12H2,(H2,22,23,26)/t15-/m1/s1. The monoisotopic (exact) mass is 401 g/mol. The van der Waals surface area contributed by atoms with Crippen LogP contribution in [0.3, 0.4) is 0 Å². The number of nitrogens with one attached hydrogen (secondary N) is 2. The summed E-state index contributed by atoms with van der Waals surface area (Å²) in [6.07, 6.45) is 0.253. The highest BCUT2D eigenvalue weighted by Crippen LogP contribution is 2.35. The molecule has 0 saturated carbocycles. The van der Waals surface area contributed by atoms with Crippen molar-refractivity contribution in [3.8, 4) is 11.5 Å². The molecule has 0 spiro atoms. The Bertz CT molecular complexity index is 888. The molecule has 3 amide bonds. The van der Waals surface area contributed by atoms with Gasteiger partial charge in [0.25, 0.3) is 0 Å². The Balaban J connectivity index is 1.33. The molecule has 7 nitrogen and oxygen atoms in total. The number of rotatable bonds is 4. The molecule has 146 valence electrons. The zero-order valence-corrected chi connectivity index (χ0v) is 15.9. The van der Waals surface area contributed by atoms with Crippen LogP contribution in [0.5, 0.6) is 11.5 Å². The number of benzene rings is 2. The number of nitrogens with zero attached hydrogens (tertiary/aromatic N) is 1. The Kier molecular flexibility index (Phi) is 5.25. The second-order valence-corrected chi connectivity index (χ2v) is 7.12. The molecule has 2 aromatic rings. The van der Waals surface area contributed by atoms with Gasteiger partial charge in [-0.05, 0) is 29.8 Å². The van der Waals surface area contributed by atoms with Gasteiger partial charge in [-0.1, -0.05) is 23.7 Å². The van der Waals surface area contributed by atoms with Gasteiger partial charge in [-0.15, -0.1) is 0 Å². The molecule has 0 aliphatic carbocycles. The smallest absolute Gasteiger partial charge is 0.315 e. The zero-order valence-electron chi connectivity index (χ0n) is 15.1. The van der Waals surface area contributed by atoms with E-state index >= 15 is 0 Å². The summed E-state index contributed by atoms with van der Waals surface area (Å²) < 4.78 is 11.1. The largest absolute Gasteiger partial charge is 0.486 e. The van der Waals surface area contributed by atoms with Crippen LogP contribution >= 0.6 is 11.6 Å². The average Bonchev–Trinajstić information content (AvgIpc) is 3.07. The van der Waals surface area contributed by atoms with Gasteiger partial charge >= 0.3 is 6.03 Å². The van der Waals surface area contributed by atoms with E-state index in [2.05, 4.69) is 10.6 Å². The number of halogens is 1.